The molecule has 0 aliphatic carbocycles. The minimum absolute atomic E-state index is 0.134. The minimum atomic E-state index is -0.135. The molecule has 1 N–H and O–H groups in total. The first-order valence-corrected chi connectivity index (χ1v) is 10.8. The molecule has 4 rings (SSSR count). The normalized spacial score (nSPS) is 12.1. The van der Waals surface area contributed by atoms with Gasteiger partial charge in [0.25, 0.3) is 5.91 Å². The predicted molar refractivity (Wildman–Crippen MR) is 120 cm³/mol. The van der Waals surface area contributed by atoms with Gasteiger partial charge in [0.2, 0.25) is 0 Å². The Morgan fingerprint density at radius 3 is 2.70 bits per heavy atom. The third-order valence-corrected chi connectivity index (χ3v) is 6.22. The zero-order valence-electron chi connectivity index (χ0n) is 17.2. The molecule has 1 amide bonds. The summed E-state index contributed by atoms with van der Waals surface area (Å²) in [7, 11) is 0. The number of thioether (sulfide) groups is 1. The molecule has 0 radical (unpaired) electrons. The van der Waals surface area contributed by atoms with E-state index < -0.39 is 0 Å². The number of amides is 1. The molecule has 0 aliphatic rings. The summed E-state index contributed by atoms with van der Waals surface area (Å²) < 4.78 is 5.24. The van der Waals surface area contributed by atoms with E-state index in [1.807, 2.05) is 45.0 Å². The summed E-state index contributed by atoms with van der Waals surface area (Å²) in [5.74, 6) is 1.31. The number of pyridine rings is 1. The molecule has 0 bridgehead atoms. The molecule has 6 heteroatoms. The summed E-state index contributed by atoms with van der Waals surface area (Å²) in [4.78, 5) is 17.5. The molecule has 1 unspecified atom stereocenters. The fourth-order valence-corrected chi connectivity index (χ4v) is 4.65. The number of aromatic nitrogens is 2. The van der Waals surface area contributed by atoms with Crippen LogP contribution in [0, 0.1) is 13.8 Å². The number of fused-ring (bicyclic) bond motifs is 1. The highest BCUT2D eigenvalue weighted by Crippen LogP contribution is 2.28. The molecule has 0 aliphatic heterocycles. The summed E-state index contributed by atoms with van der Waals surface area (Å²) >= 11 is 1.51. The number of hydrogen-bond donors (Lipinski definition) is 1. The van der Waals surface area contributed by atoms with E-state index in [4.69, 9.17) is 4.52 Å². The summed E-state index contributed by atoms with van der Waals surface area (Å²) in [6.07, 6.45) is 1.71. The van der Waals surface area contributed by atoms with Crippen molar-refractivity contribution in [1.82, 2.24) is 15.5 Å². The highest BCUT2D eigenvalue weighted by Gasteiger charge is 2.18. The molecule has 2 heterocycles. The van der Waals surface area contributed by atoms with Gasteiger partial charge in [-0.05, 0) is 49.2 Å². The molecule has 4 aromatic rings. The lowest BCUT2D eigenvalue weighted by Gasteiger charge is -2.17. The molecule has 2 aromatic heterocycles. The summed E-state index contributed by atoms with van der Waals surface area (Å²) in [5, 5.41) is 10.1. The number of hydrogen-bond acceptors (Lipinski definition) is 5. The molecule has 5 nitrogen and oxygen atoms in total. The van der Waals surface area contributed by atoms with E-state index in [1.54, 1.807) is 12.3 Å². The number of nitrogens with zero attached hydrogens (tertiary/aromatic N) is 2. The molecule has 152 valence electrons. The Balaban J connectivity index is 1.53. The van der Waals surface area contributed by atoms with Gasteiger partial charge < -0.3 is 9.84 Å². The first-order valence-electron chi connectivity index (χ1n) is 9.82. The van der Waals surface area contributed by atoms with Gasteiger partial charge in [0, 0.05) is 17.5 Å². The quantitative estimate of drug-likeness (QED) is 0.412. The largest absolute Gasteiger partial charge is 0.361 e. The van der Waals surface area contributed by atoms with Crippen LogP contribution in [0.3, 0.4) is 0 Å². The van der Waals surface area contributed by atoms with E-state index in [0.717, 1.165) is 33.4 Å². The second-order valence-electron chi connectivity index (χ2n) is 7.21. The van der Waals surface area contributed by atoms with Gasteiger partial charge in [-0.1, -0.05) is 47.6 Å². The number of aryl methyl sites for hydroxylation is 2. The van der Waals surface area contributed by atoms with E-state index in [0.29, 0.717) is 16.3 Å². The SMILES string of the molecule is Cc1noc(C)c1CSc1ncccc1C(=O)NC(C)c1cccc2ccccc12. The molecule has 0 spiro atoms. The van der Waals surface area contributed by atoms with Crippen molar-refractivity contribution in [3.05, 3.63) is 88.9 Å². The second kappa shape index (κ2) is 8.71. The van der Waals surface area contributed by atoms with Crippen LogP contribution in [0.2, 0.25) is 0 Å². The van der Waals surface area contributed by atoms with Crippen molar-refractivity contribution in [2.24, 2.45) is 0 Å². The summed E-state index contributed by atoms with van der Waals surface area (Å²) in [6, 6.07) is 17.8. The van der Waals surface area contributed by atoms with Crippen LogP contribution in [-0.2, 0) is 5.75 Å². The fraction of sp³-hybridized carbons (Fsp3) is 0.208. The molecule has 0 fully saturated rings. The first-order chi connectivity index (χ1) is 14.5. The Morgan fingerprint density at radius 2 is 1.90 bits per heavy atom. The van der Waals surface area contributed by atoms with Crippen molar-refractivity contribution in [3.63, 3.8) is 0 Å². The van der Waals surface area contributed by atoms with Gasteiger partial charge in [-0.2, -0.15) is 0 Å². The van der Waals surface area contributed by atoms with Crippen LogP contribution in [0.1, 0.15) is 45.9 Å². The predicted octanol–water partition coefficient (Wildman–Crippen LogP) is 5.62. The van der Waals surface area contributed by atoms with Gasteiger partial charge in [0.15, 0.2) is 0 Å². The smallest absolute Gasteiger partial charge is 0.254 e. The molecule has 0 saturated heterocycles. The number of benzene rings is 2. The molecule has 2 aromatic carbocycles. The summed E-state index contributed by atoms with van der Waals surface area (Å²) in [5.41, 5.74) is 3.57. The minimum Gasteiger partial charge on any atom is -0.361 e. The molecular formula is C24H23N3O2S. The topological polar surface area (TPSA) is 68.0 Å². The Bertz CT molecular complexity index is 1180. The van der Waals surface area contributed by atoms with Crippen molar-refractivity contribution in [3.8, 4) is 0 Å². The molecular weight excluding hydrogens is 394 g/mol. The molecule has 0 saturated carbocycles. The van der Waals surface area contributed by atoms with Crippen LogP contribution in [0.4, 0.5) is 0 Å². The van der Waals surface area contributed by atoms with Crippen molar-refractivity contribution in [2.75, 3.05) is 0 Å². The zero-order chi connectivity index (χ0) is 21.1. The lowest BCUT2D eigenvalue weighted by atomic mass is 9.99. The van der Waals surface area contributed by atoms with Crippen LogP contribution < -0.4 is 5.32 Å². The lowest BCUT2D eigenvalue weighted by molar-refractivity contribution is 0.0936. The van der Waals surface area contributed by atoms with Crippen LogP contribution in [0.25, 0.3) is 10.8 Å². The Hall–Kier alpha value is -3.12. The van der Waals surface area contributed by atoms with Gasteiger partial charge in [-0.25, -0.2) is 4.98 Å². The van der Waals surface area contributed by atoms with E-state index in [2.05, 4.69) is 39.7 Å². The summed E-state index contributed by atoms with van der Waals surface area (Å²) in [6.45, 7) is 5.82. The van der Waals surface area contributed by atoms with E-state index in [1.165, 1.54) is 11.8 Å². The average Bonchev–Trinajstić information content (AvgIpc) is 3.09. The fourth-order valence-electron chi connectivity index (χ4n) is 3.51. The first kappa shape index (κ1) is 20.2. The highest BCUT2D eigenvalue weighted by atomic mass is 32.2. The molecule has 1 atom stereocenters. The van der Waals surface area contributed by atoms with Crippen molar-refractivity contribution in [1.29, 1.82) is 0 Å². The van der Waals surface area contributed by atoms with Crippen LogP contribution in [0.15, 0.2) is 70.3 Å². The van der Waals surface area contributed by atoms with Crippen LogP contribution >= 0.6 is 11.8 Å². The van der Waals surface area contributed by atoms with Gasteiger partial charge in [-0.15, -0.1) is 11.8 Å². The number of carbonyl (C=O) groups excluding carboxylic acids is 1. The maximum Gasteiger partial charge on any atom is 0.254 e. The third kappa shape index (κ3) is 4.09. The monoisotopic (exact) mass is 417 g/mol. The molecule has 30 heavy (non-hydrogen) atoms. The number of carbonyl (C=O) groups is 1. The van der Waals surface area contributed by atoms with Gasteiger partial charge in [0.05, 0.1) is 17.3 Å². The number of nitrogens with one attached hydrogen (secondary N) is 1. The van der Waals surface area contributed by atoms with Crippen molar-refractivity contribution >= 4 is 28.4 Å². The van der Waals surface area contributed by atoms with Gasteiger partial charge in [0.1, 0.15) is 10.8 Å². The van der Waals surface area contributed by atoms with Crippen molar-refractivity contribution in [2.45, 2.75) is 37.6 Å². The zero-order valence-corrected chi connectivity index (χ0v) is 18.0. The van der Waals surface area contributed by atoms with Crippen LogP contribution in [-0.4, -0.2) is 16.0 Å². The maximum atomic E-state index is 13.1. The lowest BCUT2D eigenvalue weighted by Crippen LogP contribution is -2.27. The Labute approximate surface area is 179 Å². The van der Waals surface area contributed by atoms with E-state index >= 15 is 0 Å². The Morgan fingerprint density at radius 1 is 1.10 bits per heavy atom. The average molecular weight is 418 g/mol. The highest BCUT2D eigenvalue weighted by molar-refractivity contribution is 7.98. The van der Waals surface area contributed by atoms with Gasteiger partial charge >= 0.3 is 0 Å². The third-order valence-electron chi connectivity index (χ3n) is 5.19. The number of rotatable bonds is 6. The van der Waals surface area contributed by atoms with Gasteiger partial charge in [-0.3, -0.25) is 4.79 Å². The van der Waals surface area contributed by atoms with E-state index in [-0.39, 0.29) is 11.9 Å². The standard InChI is InChI=1S/C24H23N3O2S/c1-15(19-11-6-9-18-8-4-5-10-20(18)19)26-23(28)21-12-7-13-25-24(21)30-14-22-16(2)27-29-17(22)3/h4-13,15H,14H2,1-3H3,(H,26,28). The Kier molecular flexibility index (Phi) is 5.86. The maximum absolute atomic E-state index is 13.1. The second-order valence-corrected chi connectivity index (χ2v) is 8.18. The van der Waals surface area contributed by atoms with Crippen LogP contribution in [0.5, 0.6) is 0 Å². The van der Waals surface area contributed by atoms with E-state index in [9.17, 15) is 4.79 Å². The van der Waals surface area contributed by atoms with Crippen molar-refractivity contribution < 1.29 is 9.32 Å².